The zero-order chi connectivity index (χ0) is 50.6. The zero-order valence-electron chi connectivity index (χ0n) is 41.7. The lowest BCUT2D eigenvalue weighted by Crippen LogP contribution is -2.11. The second-order valence-corrected chi connectivity index (χ2v) is 19.1. The van der Waals surface area contributed by atoms with Crippen molar-refractivity contribution in [2.24, 2.45) is 0 Å². The largest absolute Gasteiger partial charge is 0.295 e. The van der Waals surface area contributed by atoms with Crippen molar-refractivity contribution in [2.45, 2.75) is 0 Å². The summed E-state index contributed by atoms with van der Waals surface area (Å²) in [6.07, 6.45) is 12.7. The first kappa shape index (κ1) is 45.7. The molecule has 13 aromatic rings. The van der Waals surface area contributed by atoms with Crippen LogP contribution in [-0.2, 0) is 0 Å². The molecule has 0 aliphatic carbocycles. The topological polar surface area (TPSA) is 32.3 Å². The van der Waals surface area contributed by atoms with Crippen LogP contribution in [-0.4, -0.2) is 9.97 Å². The first-order chi connectivity index (χ1) is 37.7. The third-order valence-electron chi connectivity index (χ3n) is 14.2. The minimum Gasteiger partial charge on any atom is -0.295 e. The molecule has 76 heavy (non-hydrogen) atoms. The van der Waals surface area contributed by atoms with Crippen molar-refractivity contribution in [1.29, 1.82) is 0 Å². The molecule has 4 heteroatoms. The molecule has 0 fully saturated rings. The van der Waals surface area contributed by atoms with E-state index in [1.54, 1.807) is 0 Å². The van der Waals surface area contributed by atoms with Crippen LogP contribution in [0.2, 0.25) is 0 Å². The first-order valence-electron chi connectivity index (χ1n) is 25.8. The van der Waals surface area contributed by atoms with Gasteiger partial charge in [0.05, 0.1) is 0 Å². The lowest BCUT2D eigenvalue weighted by atomic mass is 9.83. The lowest BCUT2D eigenvalue weighted by molar-refractivity contribution is 1.18. The van der Waals surface area contributed by atoms with Crippen LogP contribution in [0, 0.1) is 0 Å². The highest BCUT2D eigenvalue weighted by Crippen LogP contribution is 2.47. The molecule has 0 radical (unpaired) electrons. The molecule has 2 heterocycles. The van der Waals surface area contributed by atoms with Gasteiger partial charge in [-0.2, -0.15) is 0 Å². The number of nitrogens with zero attached hydrogens (tertiary/aromatic N) is 4. The zero-order valence-corrected chi connectivity index (χ0v) is 41.7. The first-order valence-corrected chi connectivity index (χ1v) is 25.8. The Morgan fingerprint density at radius 2 is 0.579 bits per heavy atom. The van der Waals surface area contributed by atoms with Crippen LogP contribution >= 0.6 is 0 Å². The van der Waals surface area contributed by atoms with Gasteiger partial charge < -0.3 is 0 Å². The second-order valence-electron chi connectivity index (χ2n) is 19.1. The van der Waals surface area contributed by atoms with Gasteiger partial charge in [-0.3, -0.25) is 9.80 Å². The minimum absolute atomic E-state index is 0.853. The number of benzene rings is 11. The van der Waals surface area contributed by atoms with Crippen LogP contribution in [0.25, 0.3) is 89.6 Å². The van der Waals surface area contributed by atoms with Gasteiger partial charge in [0.25, 0.3) is 0 Å². The molecular weight excluding hydrogens is 921 g/mol. The molecule has 13 rings (SSSR count). The average molecular weight is 971 g/mol. The van der Waals surface area contributed by atoms with Gasteiger partial charge in [0.2, 0.25) is 0 Å². The molecule has 2 aromatic heterocycles. The highest BCUT2D eigenvalue weighted by molar-refractivity contribution is 6.23. The van der Waals surface area contributed by atoms with E-state index in [9.17, 15) is 0 Å². The van der Waals surface area contributed by atoms with Crippen molar-refractivity contribution < 1.29 is 0 Å². The standard InChI is InChI=1S/C72H50N4/c1-5-21-61(22-6-1)75(62-23-7-2-8-24-62)69-43-35-53(49-73-69)31-29-51-33-41-65-67(45-51)68-46-52(30-32-54-36-44-70(74-50-54)76(63-25-9-3-10-26-63)64-27-11-4-12-28-64)34-42-66(68)72(60-40-38-56-18-14-16-20-58(56)48-60)71(65)59-39-37-55-17-13-15-19-57(55)47-59/h1-50H/b31-29+,32-30+. The molecule has 0 atom stereocenters. The Bertz CT molecular complexity index is 3890. The summed E-state index contributed by atoms with van der Waals surface area (Å²) < 4.78 is 0. The van der Waals surface area contributed by atoms with Crippen molar-refractivity contribution in [3.8, 4) is 22.3 Å². The summed E-state index contributed by atoms with van der Waals surface area (Å²) in [5, 5.41) is 9.61. The van der Waals surface area contributed by atoms with Gasteiger partial charge in [-0.05, 0) is 185 Å². The smallest absolute Gasteiger partial charge is 0.137 e. The number of pyridine rings is 2. The average Bonchev–Trinajstić information content (AvgIpc) is 3.54. The highest BCUT2D eigenvalue weighted by Gasteiger charge is 2.20. The van der Waals surface area contributed by atoms with Gasteiger partial charge in [-0.1, -0.05) is 194 Å². The summed E-state index contributed by atoms with van der Waals surface area (Å²) in [6, 6.07) is 95.1. The summed E-state index contributed by atoms with van der Waals surface area (Å²) >= 11 is 0. The van der Waals surface area contributed by atoms with Gasteiger partial charge in [-0.25, -0.2) is 9.97 Å². The molecule has 0 spiro atoms. The Balaban J connectivity index is 0.930. The molecule has 0 N–H and O–H groups in total. The predicted octanol–water partition coefficient (Wildman–Crippen LogP) is 19.7. The van der Waals surface area contributed by atoms with E-state index in [4.69, 9.17) is 9.97 Å². The highest BCUT2D eigenvalue weighted by atomic mass is 15.2. The molecule has 4 nitrogen and oxygen atoms in total. The normalized spacial score (nSPS) is 11.6. The summed E-state index contributed by atoms with van der Waals surface area (Å²) in [5.74, 6) is 1.71. The van der Waals surface area contributed by atoms with E-state index in [0.717, 1.165) is 56.6 Å². The van der Waals surface area contributed by atoms with Gasteiger partial charge in [0.1, 0.15) is 11.6 Å². The van der Waals surface area contributed by atoms with Crippen LogP contribution in [0.1, 0.15) is 22.3 Å². The molecule has 0 saturated carbocycles. The van der Waals surface area contributed by atoms with E-state index in [0.29, 0.717) is 0 Å². The molecule has 0 aliphatic rings. The van der Waals surface area contributed by atoms with Gasteiger partial charge >= 0.3 is 0 Å². The summed E-state index contributed by atoms with van der Waals surface area (Å²) in [6.45, 7) is 0. The SMILES string of the molecule is C(=C\c1ccc2c(-c3ccc4ccccc4c3)c(-c3ccc4ccccc4c3)c3ccc(/C=C/c4ccc(N(c5ccccc5)c5ccccc5)nc4)cc3c2c1)/c1ccc(N(c2ccccc2)c2ccccc2)nc1. The van der Waals surface area contributed by atoms with Crippen molar-refractivity contribution in [1.82, 2.24) is 9.97 Å². The van der Waals surface area contributed by atoms with E-state index in [1.807, 2.05) is 36.7 Å². The molecule has 0 aliphatic heterocycles. The molecule has 0 bridgehead atoms. The van der Waals surface area contributed by atoms with Crippen LogP contribution in [0.15, 0.2) is 279 Å². The maximum atomic E-state index is 5.01. The molecule has 0 saturated heterocycles. The number of aromatic nitrogens is 2. The Hall–Kier alpha value is -10.2. The maximum Gasteiger partial charge on any atom is 0.137 e. The fraction of sp³-hybridized carbons (Fsp3) is 0. The molecule has 0 unspecified atom stereocenters. The summed E-state index contributed by atoms with van der Waals surface area (Å²) in [4.78, 5) is 14.4. The van der Waals surface area contributed by atoms with Gasteiger partial charge in [-0.15, -0.1) is 0 Å². The third-order valence-corrected chi connectivity index (χ3v) is 14.2. The predicted molar refractivity (Wildman–Crippen MR) is 323 cm³/mol. The minimum atomic E-state index is 0.853. The van der Waals surface area contributed by atoms with E-state index < -0.39 is 0 Å². The van der Waals surface area contributed by atoms with E-state index in [2.05, 4.69) is 277 Å². The van der Waals surface area contributed by atoms with Crippen LogP contribution < -0.4 is 9.80 Å². The number of rotatable bonds is 12. The Kier molecular flexibility index (Phi) is 12.3. The Morgan fingerprint density at radius 1 is 0.250 bits per heavy atom. The van der Waals surface area contributed by atoms with Crippen molar-refractivity contribution in [2.75, 3.05) is 9.80 Å². The van der Waals surface area contributed by atoms with Crippen molar-refractivity contribution in [3.63, 3.8) is 0 Å². The number of anilines is 6. The van der Waals surface area contributed by atoms with E-state index in [-0.39, 0.29) is 0 Å². The number of fused-ring (bicyclic) bond motifs is 5. The summed E-state index contributed by atoms with van der Waals surface area (Å²) in [5.41, 5.74) is 13.2. The van der Waals surface area contributed by atoms with Crippen LogP contribution in [0.4, 0.5) is 34.4 Å². The van der Waals surface area contributed by atoms with Crippen molar-refractivity contribution >= 4 is 102 Å². The molecule has 358 valence electrons. The Labute approximate surface area is 443 Å². The van der Waals surface area contributed by atoms with Crippen LogP contribution in [0.5, 0.6) is 0 Å². The van der Waals surface area contributed by atoms with Gasteiger partial charge in [0.15, 0.2) is 0 Å². The van der Waals surface area contributed by atoms with Crippen LogP contribution in [0.3, 0.4) is 0 Å². The molecule has 0 amide bonds. The monoisotopic (exact) mass is 970 g/mol. The molecule has 11 aromatic carbocycles. The van der Waals surface area contributed by atoms with Gasteiger partial charge in [0, 0.05) is 35.1 Å². The number of hydrogen-bond acceptors (Lipinski definition) is 4. The fourth-order valence-corrected chi connectivity index (χ4v) is 10.5. The quantitative estimate of drug-likeness (QED) is 0.114. The molecular formula is C72H50N4. The maximum absolute atomic E-state index is 5.01. The summed E-state index contributed by atoms with van der Waals surface area (Å²) in [7, 11) is 0. The van der Waals surface area contributed by atoms with E-state index >= 15 is 0 Å². The fourth-order valence-electron chi connectivity index (χ4n) is 10.5. The second kappa shape index (κ2) is 20.4. The number of hydrogen-bond donors (Lipinski definition) is 0. The number of para-hydroxylation sites is 4. The van der Waals surface area contributed by atoms with E-state index in [1.165, 1.54) is 65.3 Å². The Morgan fingerprint density at radius 3 is 0.934 bits per heavy atom. The van der Waals surface area contributed by atoms with Crippen molar-refractivity contribution in [3.05, 3.63) is 302 Å². The third kappa shape index (κ3) is 9.17. The lowest BCUT2D eigenvalue weighted by Gasteiger charge is -2.24.